The van der Waals surface area contributed by atoms with Crippen molar-refractivity contribution in [2.75, 3.05) is 6.54 Å². The Morgan fingerprint density at radius 1 is 0.944 bits per heavy atom. The Hall–Kier alpha value is -1.80. The van der Waals surface area contributed by atoms with Crippen LogP contribution in [0.3, 0.4) is 0 Å². The molecule has 0 atom stereocenters. The fourth-order valence-corrected chi connectivity index (χ4v) is 2.00. The molecule has 2 nitrogen and oxygen atoms in total. The molecule has 2 aromatic carbocycles. The van der Waals surface area contributed by atoms with E-state index in [4.69, 9.17) is 0 Å². The summed E-state index contributed by atoms with van der Waals surface area (Å²) in [5, 5.41) is 13.0. The maximum atomic E-state index is 9.63. The Labute approximate surface area is 108 Å². The van der Waals surface area contributed by atoms with Gasteiger partial charge in [0.25, 0.3) is 0 Å². The van der Waals surface area contributed by atoms with Gasteiger partial charge < -0.3 is 10.4 Å². The Morgan fingerprint density at radius 3 is 2.33 bits per heavy atom. The number of phenolic OH excluding ortho intramolecular Hbond substituents is 1. The van der Waals surface area contributed by atoms with E-state index < -0.39 is 0 Å². The fraction of sp³-hybridized carbons (Fsp3) is 0.250. The second-order valence-electron chi connectivity index (χ2n) is 4.48. The smallest absolute Gasteiger partial charge is 0.120 e. The molecule has 2 heteroatoms. The molecule has 0 unspecified atom stereocenters. The molecule has 18 heavy (non-hydrogen) atoms. The van der Waals surface area contributed by atoms with Crippen LogP contribution in [0, 0.1) is 6.92 Å². The van der Waals surface area contributed by atoms with Gasteiger partial charge in [0, 0.05) is 12.1 Å². The first-order chi connectivity index (χ1) is 8.77. The summed E-state index contributed by atoms with van der Waals surface area (Å²) in [7, 11) is 0. The van der Waals surface area contributed by atoms with Crippen molar-refractivity contribution < 1.29 is 5.11 Å². The molecule has 0 aliphatic rings. The normalized spacial score (nSPS) is 10.5. The molecule has 0 heterocycles. The van der Waals surface area contributed by atoms with Gasteiger partial charge in [0.1, 0.15) is 5.75 Å². The number of nitrogens with one attached hydrogen (secondary N) is 1. The third-order valence-electron chi connectivity index (χ3n) is 3.14. The Morgan fingerprint density at radius 2 is 1.61 bits per heavy atom. The second-order valence-corrected chi connectivity index (χ2v) is 4.48. The lowest BCUT2D eigenvalue weighted by molar-refractivity contribution is 0.464. The van der Waals surface area contributed by atoms with Crippen LogP contribution in [0.2, 0.25) is 0 Å². The van der Waals surface area contributed by atoms with Crippen LogP contribution in [0.5, 0.6) is 5.75 Å². The number of aryl methyl sites for hydroxylation is 1. The summed E-state index contributed by atoms with van der Waals surface area (Å²) in [6, 6.07) is 15.9. The third kappa shape index (κ3) is 3.34. The average Bonchev–Trinajstić information content (AvgIpc) is 2.38. The molecule has 0 radical (unpaired) electrons. The summed E-state index contributed by atoms with van der Waals surface area (Å²) >= 11 is 0. The fourth-order valence-electron chi connectivity index (χ4n) is 2.00. The van der Waals surface area contributed by atoms with Crippen LogP contribution >= 0.6 is 0 Å². The van der Waals surface area contributed by atoms with Crippen LogP contribution in [0.4, 0.5) is 0 Å². The van der Waals surface area contributed by atoms with Crippen molar-refractivity contribution in [2.24, 2.45) is 0 Å². The molecule has 0 saturated carbocycles. The summed E-state index contributed by atoms with van der Waals surface area (Å²) in [5.41, 5.74) is 3.66. The van der Waals surface area contributed by atoms with Crippen molar-refractivity contribution in [1.29, 1.82) is 0 Å². The van der Waals surface area contributed by atoms with E-state index in [-0.39, 0.29) is 0 Å². The highest BCUT2D eigenvalue weighted by atomic mass is 16.3. The van der Waals surface area contributed by atoms with E-state index in [1.165, 1.54) is 11.1 Å². The summed E-state index contributed by atoms with van der Waals surface area (Å²) < 4.78 is 0. The van der Waals surface area contributed by atoms with Crippen molar-refractivity contribution >= 4 is 0 Å². The maximum absolute atomic E-state index is 9.63. The van der Waals surface area contributed by atoms with Gasteiger partial charge in [0.2, 0.25) is 0 Å². The first-order valence-corrected chi connectivity index (χ1v) is 6.29. The molecule has 2 rings (SSSR count). The van der Waals surface area contributed by atoms with Crippen molar-refractivity contribution in [2.45, 2.75) is 19.9 Å². The zero-order valence-electron chi connectivity index (χ0n) is 10.7. The summed E-state index contributed by atoms with van der Waals surface area (Å²) in [6.07, 6.45) is 1.01. The van der Waals surface area contributed by atoms with Gasteiger partial charge in [-0.25, -0.2) is 0 Å². The number of rotatable bonds is 5. The van der Waals surface area contributed by atoms with Gasteiger partial charge in [-0.2, -0.15) is 0 Å². The molecular formula is C16H19NO. The average molecular weight is 241 g/mol. The van der Waals surface area contributed by atoms with Gasteiger partial charge in [-0.15, -0.1) is 0 Å². The highest BCUT2D eigenvalue weighted by Crippen LogP contribution is 2.14. The Balaban J connectivity index is 1.80. The zero-order chi connectivity index (χ0) is 12.8. The Bertz CT molecular complexity index is 460. The number of hydrogen-bond donors (Lipinski definition) is 2. The lowest BCUT2D eigenvalue weighted by Gasteiger charge is -2.08. The summed E-state index contributed by atoms with van der Waals surface area (Å²) in [5.74, 6) is 0.362. The minimum absolute atomic E-state index is 0.362. The van der Waals surface area contributed by atoms with E-state index in [0.717, 1.165) is 18.5 Å². The van der Waals surface area contributed by atoms with Crippen LogP contribution in [0.25, 0.3) is 0 Å². The number of phenols is 1. The predicted molar refractivity (Wildman–Crippen MR) is 74.7 cm³/mol. The quantitative estimate of drug-likeness (QED) is 0.789. The molecule has 0 spiro atoms. The predicted octanol–water partition coefficient (Wildman–Crippen LogP) is 3.03. The summed E-state index contributed by atoms with van der Waals surface area (Å²) in [4.78, 5) is 0. The molecule has 0 aliphatic carbocycles. The summed E-state index contributed by atoms with van der Waals surface area (Å²) in [6.45, 7) is 3.76. The zero-order valence-corrected chi connectivity index (χ0v) is 10.7. The largest absolute Gasteiger partial charge is 0.508 e. The van der Waals surface area contributed by atoms with E-state index in [1.54, 1.807) is 6.07 Å². The van der Waals surface area contributed by atoms with E-state index in [2.05, 4.69) is 36.5 Å². The lowest BCUT2D eigenvalue weighted by Crippen LogP contribution is -2.17. The molecule has 0 saturated heterocycles. The van der Waals surface area contributed by atoms with Crippen LogP contribution in [-0.4, -0.2) is 11.7 Å². The number of hydrogen-bond acceptors (Lipinski definition) is 2. The van der Waals surface area contributed by atoms with E-state index >= 15 is 0 Å². The van der Waals surface area contributed by atoms with Crippen LogP contribution in [0.1, 0.15) is 16.7 Å². The molecule has 2 aromatic rings. The highest BCUT2D eigenvalue weighted by Gasteiger charge is 1.99. The van der Waals surface area contributed by atoms with Crippen LogP contribution < -0.4 is 5.32 Å². The van der Waals surface area contributed by atoms with Crippen molar-refractivity contribution in [3.05, 3.63) is 65.2 Å². The van der Waals surface area contributed by atoms with Gasteiger partial charge in [0.05, 0.1) is 0 Å². The highest BCUT2D eigenvalue weighted by molar-refractivity contribution is 5.31. The maximum Gasteiger partial charge on any atom is 0.120 e. The molecule has 94 valence electrons. The van der Waals surface area contributed by atoms with E-state index in [9.17, 15) is 5.11 Å². The van der Waals surface area contributed by atoms with Gasteiger partial charge in [0.15, 0.2) is 0 Å². The first-order valence-electron chi connectivity index (χ1n) is 6.29. The molecule has 2 N–H and O–H groups in total. The molecular weight excluding hydrogens is 222 g/mol. The Kier molecular flexibility index (Phi) is 4.37. The van der Waals surface area contributed by atoms with Gasteiger partial charge in [-0.1, -0.05) is 42.5 Å². The molecule has 0 bridgehead atoms. The van der Waals surface area contributed by atoms with Crippen molar-refractivity contribution in [3.8, 4) is 5.75 Å². The van der Waals surface area contributed by atoms with Crippen molar-refractivity contribution in [1.82, 2.24) is 5.32 Å². The van der Waals surface area contributed by atoms with Gasteiger partial charge in [-0.3, -0.25) is 0 Å². The van der Waals surface area contributed by atoms with Gasteiger partial charge in [-0.05, 0) is 37.1 Å². The van der Waals surface area contributed by atoms with Crippen LogP contribution in [0.15, 0.2) is 48.5 Å². The monoisotopic (exact) mass is 241 g/mol. The SMILES string of the molecule is Cc1ccccc1CCNCc1ccccc1O. The number of benzene rings is 2. The van der Waals surface area contributed by atoms with Crippen molar-refractivity contribution in [3.63, 3.8) is 0 Å². The molecule has 0 fully saturated rings. The third-order valence-corrected chi connectivity index (χ3v) is 3.14. The second kappa shape index (κ2) is 6.22. The lowest BCUT2D eigenvalue weighted by atomic mass is 10.1. The first kappa shape index (κ1) is 12.7. The topological polar surface area (TPSA) is 32.3 Å². The number of para-hydroxylation sites is 1. The van der Waals surface area contributed by atoms with E-state index in [1.807, 2.05) is 18.2 Å². The standard InChI is InChI=1S/C16H19NO/c1-13-6-2-3-7-14(13)10-11-17-12-15-8-4-5-9-16(15)18/h2-9,17-18H,10-12H2,1H3. The number of aromatic hydroxyl groups is 1. The molecule has 0 aromatic heterocycles. The van der Waals surface area contributed by atoms with Crippen LogP contribution in [-0.2, 0) is 13.0 Å². The van der Waals surface area contributed by atoms with E-state index in [0.29, 0.717) is 12.3 Å². The minimum Gasteiger partial charge on any atom is -0.508 e. The molecule has 0 amide bonds. The molecule has 0 aliphatic heterocycles. The van der Waals surface area contributed by atoms with Gasteiger partial charge >= 0.3 is 0 Å². The minimum atomic E-state index is 0.362.